The molecule has 2 N–H and O–H groups in total. The van der Waals surface area contributed by atoms with Crippen molar-refractivity contribution in [2.75, 3.05) is 0 Å². The van der Waals surface area contributed by atoms with Crippen LogP contribution in [0.5, 0.6) is 17.2 Å². The minimum atomic E-state index is -3.29. The lowest BCUT2D eigenvalue weighted by molar-refractivity contribution is -0.158. The molecule has 5 rings (SSSR count). The number of phenolic OH excluding ortho intramolecular Hbond substituents is 2. The highest BCUT2D eigenvalue weighted by Gasteiger charge is 2.43. The van der Waals surface area contributed by atoms with E-state index in [2.05, 4.69) is 18.6 Å². The van der Waals surface area contributed by atoms with Crippen molar-refractivity contribution in [3.05, 3.63) is 84.6 Å². The summed E-state index contributed by atoms with van der Waals surface area (Å²) in [7, 11) is 0. The maximum atomic E-state index is 13.5. The molecule has 0 radical (unpaired) electrons. The topological polar surface area (TPSA) is 71.7 Å². The fourth-order valence-corrected chi connectivity index (χ4v) is 5.23. The predicted molar refractivity (Wildman–Crippen MR) is 151 cm³/mol. The van der Waals surface area contributed by atoms with Gasteiger partial charge in [-0.15, -0.1) is 0 Å². The number of carbonyl (C=O) groups is 1. The molecule has 0 amide bonds. The standard InChI is InChI=1S/C33H33F2NO4/c1-4-20(2)15-23-16-29(23)32(39)24-17-30(36(19-24)25-9-12-27(13-10-25)40-33(3,34)35)22-7-5-21(6-8-22)28-14-11-26(37)18-31(28)38/h5-14,17-20,23,29,37-38H,4,15-16H2,1-3H3. The van der Waals surface area contributed by atoms with Crippen LogP contribution in [0.25, 0.3) is 28.1 Å². The van der Waals surface area contributed by atoms with Crippen LogP contribution in [0.4, 0.5) is 8.78 Å². The molecule has 1 fully saturated rings. The largest absolute Gasteiger partial charge is 0.508 e. The van der Waals surface area contributed by atoms with Gasteiger partial charge >= 0.3 is 6.11 Å². The van der Waals surface area contributed by atoms with E-state index in [1.165, 1.54) is 24.3 Å². The summed E-state index contributed by atoms with van der Waals surface area (Å²) in [4.78, 5) is 13.5. The first kappa shape index (κ1) is 27.4. The molecule has 0 bridgehead atoms. The van der Waals surface area contributed by atoms with E-state index in [1.54, 1.807) is 18.2 Å². The van der Waals surface area contributed by atoms with Crippen molar-refractivity contribution < 1.29 is 28.5 Å². The Morgan fingerprint density at radius 3 is 2.33 bits per heavy atom. The van der Waals surface area contributed by atoms with Crippen molar-refractivity contribution in [2.24, 2.45) is 17.8 Å². The number of aromatic nitrogens is 1. The molecule has 5 nitrogen and oxygen atoms in total. The first-order chi connectivity index (χ1) is 19.0. The molecular formula is C33H33F2NO4. The molecule has 40 heavy (non-hydrogen) atoms. The van der Waals surface area contributed by atoms with Crippen LogP contribution in [0, 0.1) is 17.8 Å². The second kappa shape index (κ2) is 10.8. The van der Waals surface area contributed by atoms with Gasteiger partial charge in [0.1, 0.15) is 17.2 Å². The smallest absolute Gasteiger partial charge is 0.394 e. The summed E-state index contributed by atoms with van der Waals surface area (Å²) in [6.07, 6.45) is 1.59. The molecule has 3 atom stereocenters. The molecule has 1 aliphatic carbocycles. The summed E-state index contributed by atoms with van der Waals surface area (Å²) in [6.45, 7) is 5.08. The monoisotopic (exact) mass is 545 g/mol. The molecule has 3 aromatic carbocycles. The number of ether oxygens (including phenoxy) is 1. The van der Waals surface area contributed by atoms with Crippen LogP contribution in [-0.4, -0.2) is 26.7 Å². The molecule has 3 unspecified atom stereocenters. The minimum Gasteiger partial charge on any atom is -0.508 e. The molecule has 1 saturated carbocycles. The molecule has 208 valence electrons. The van der Waals surface area contributed by atoms with E-state index in [-0.39, 0.29) is 28.9 Å². The molecular weight excluding hydrogens is 512 g/mol. The van der Waals surface area contributed by atoms with Gasteiger partial charge in [0.25, 0.3) is 0 Å². The third kappa shape index (κ3) is 6.03. The van der Waals surface area contributed by atoms with E-state index in [0.29, 0.717) is 35.6 Å². The zero-order valence-corrected chi connectivity index (χ0v) is 22.8. The van der Waals surface area contributed by atoms with Crippen LogP contribution in [0.15, 0.2) is 79.0 Å². The number of Topliss-reactive ketones (excluding diaryl/α,β-unsaturated/α-hetero) is 1. The van der Waals surface area contributed by atoms with Crippen molar-refractivity contribution in [1.82, 2.24) is 4.57 Å². The lowest BCUT2D eigenvalue weighted by atomic mass is 9.99. The average molecular weight is 546 g/mol. The van der Waals surface area contributed by atoms with Crippen molar-refractivity contribution >= 4 is 5.78 Å². The number of aromatic hydroxyl groups is 2. The molecule has 4 aromatic rings. The molecule has 0 saturated heterocycles. The summed E-state index contributed by atoms with van der Waals surface area (Å²) in [5.74, 6) is 1.16. The highest BCUT2D eigenvalue weighted by Crippen LogP contribution is 2.46. The first-order valence-corrected chi connectivity index (χ1v) is 13.6. The van der Waals surface area contributed by atoms with Gasteiger partial charge in [0, 0.05) is 41.9 Å². The van der Waals surface area contributed by atoms with Crippen LogP contribution >= 0.6 is 0 Å². The Balaban J connectivity index is 1.48. The summed E-state index contributed by atoms with van der Waals surface area (Å²) < 4.78 is 33.2. The fourth-order valence-electron chi connectivity index (χ4n) is 5.23. The number of phenols is 2. The molecule has 1 aliphatic rings. The van der Waals surface area contributed by atoms with Crippen LogP contribution < -0.4 is 4.74 Å². The number of nitrogens with zero attached hydrogens (tertiary/aromatic N) is 1. The Kier molecular flexibility index (Phi) is 7.41. The fraction of sp³-hybridized carbons (Fsp3) is 0.303. The van der Waals surface area contributed by atoms with Crippen molar-refractivity contribution in [3.63, 3.8) is 0 Å². The highest BCUT2D eigenvalue weighted by molar-refractivity contribution is 6.01. The van der Waals surface area contributed by atoms with E-state index in [0.717, 1.165) is 36.1 Å². The maximum Gasteiger partial charge on any atom is 0.394 e. The normalized spacial score (nSPS) is 17.4. The highest BCUT2D eigenvalue weighted by atomic mass is 19.3. The minimum absolute atomic E-state index is 0.0194. The van der Waals surface area contributed by atoms with Gasteiger partial charge in [0.05, 0.1) is 5.69 Å². The van der Waals surface area contributed by atoms with Gasteiger partial charge in [-0.2, -0.15) is 8.78 Å². The summed E-state index contributed by atoms with van der Waals surface area (Å²) in [5.41, 5.74) is 4.29. The van der Waals surface area contributed by atoms with Crippen molar-refractivity contribution in [3.8, 4) is 45.3 Å². The van der Waals surface area contributed by atoms with Gasteiger partial charge in [-0.05, 0) is 78.3 Å². The number of benzene rings is 3. The average Bonchev–Trinajstić information content (AvgIpc) is 3.53. The van der Waals surface area contributed by atoms with Gasteiger partial charge in [0.2, 0.25) is 0 Å². The Labute approximate surface area is 232 Å². The Hall–Kier alpha value is -4.13. The van der Waals surface area contributed by atoms with E-state index in [4.69, 9.17) is 0 Å². The predicted octanol–water partition coefficient (Wildman–Crippen LogP) is 8.47. The quantitative estimate of drug-likeness (QED) is 0.196. The lowest BCUT2D eigenvalue weighted by Crippen LogP contribution is -2.19. The number of hydrogen-bond acceptors (Lipinski definition) is 4. The SMILES string of the molecule is CCC(C)CC1CC1C(=O)c1cc(-c2ccc(-c3ccc(O)cc3O)cc2)n(-c2ccc(OC(C)(F)F)cc2)c1. The molecule has 1 aromatic heterocycles. The first-order valence-electron chi connectivity index (χ1n) is 13.6. The zero-order valence-electron chi connectivity index (χ0n) is 22.8. The lowest BCUT2D eigenvalue weighted by Gasteiger charge is -2.14. The number of ketones is 1. The Bertz CT molecular complexity index is 1500. The number of carbonyl (C=O) groups excluding carboxylic acids is 1. The molecule has 0 aliphatic heterocycles. The Morgan fingerprint density at radius 2 is 1.70 bits per heavy atom. The third-order valence-corrected chi connectivity index (χ3v) is 7.65. The van der Waals surface area contributed by atoms with Gasteiger partial charge < -0.3 is 19.5 Å². The molecule has 7 heteroatoms. The second-order valence-electron chi connectivity index (χ2n) is 10.9. The number of halogens is 2. The van der Waals surface area contributed by atoms with Crippen LogP contribution in [0.2, 0.25) is 0 Å². The van der Waals surface area contributed by atoms with Crippen LogP contribution in [0.3, 0.4) is 0 Å². The molecule has 0 spiro atoms. The summed E-state index contributed by atoms with van der Waals surface area (Å²) >= 11 is 0. The van der Waals surface area contributed by atoms with E-state index in [9.17, 15) is 23.8 Å². The molecule has 1 heterocycles. The zero-order chi connectivity index (χ0) is 28.6. The second-order valence-corrected chi connectivity index (χ2v) is 10.9. The Morgan fingerprint density at radius 1 is 1.02 bits per heavy atom. The van der Waals surface area contributed by atoms with Crippen LogP contribution in [-0.2, 0) is 0 Å². The van der Waals surface area contributed by atoms with Gasteiger partial charge in [-0.3, -0.25) is 4.79 Å². The summed E-state index contributed by atoms with van der Waals surface area (Å²) in [6, 6.07) is 20.2. The third-order valence-electron chi connectivity index (χ3n) is 7.65. The number of rotatable bonds is 10. The van der Waals surface area contributed by atoms with Crippen molar-refractivity contribution in [2.45, 2.75) is 46.1 Å². The van der Waals surface area contributed by atoms with Crippen LogP contribution in [0.1, 0.15) is 50.4 Å². The number of hydrogen-bond donors (Lipinski definition) is 2. The van der Waals surface area contributed by atoms with Gasteiger partial charge in [-0.25, -0.2) is 0 Å². The summed E-state index contributed by atoms with van der Waals surface area (Å²) in [5, 5.41) is 19.9. The van der Waals surface area contributed by atoms with E-state index >= 15 is 0 Å². The van der Waals surface area contributed by atoms with Gasteiger partial charge in [-0.1, -0.05) is 44.5 Å². The maximum absolute atomic E-state index is 13.5. The van der Waals surface area contributed by atoms with Crippen molar-refractivity contribution in [1.29, 1.82) is 0 Å². The van der Waals surface area contributed by atoms with E-state index in [1.807, 2.05) is 41.1 Å². The number of alkyl halides is 2. The van der Waals surface area contributed by atoms with Gasteiger partial charge in [0.15, 0.2) is 5.78 Å². The van der Waals surface area contributed by atoms with E-state index < -0.39 is 6.11 Å².